The number of hydrogen-bond donors (Lipinski definition) is 2. The molecule has 0 atom stereocenters. The number of guanidine groups is 1. The van der Waals surface area contributed by atoms with Crippen LogP contribution in [0, 0.1) is 12.7 Å². The third-order valence-electron chi connectivity index (χ3n) is 5.48. The minimum Gasteiger partial charge on any atom is -0.355 e. The summed E-state index contributed by atoms with van der Waals surface area (Å²) in [5.41, 5.74) is 2.61. The monoisotopic (exact) mass is 574 g/mol. The standard InChI is InChI=1S/C23H31FN4O2S.HI/c1-18-6-5-7-19(16-18)17-28-13-10-20(11-14-28)27-23(25-2)26-12-15-31(29,30)22-9-4-3-8-21(22)24;/h3-9,16,20H,10-15,17H2,1-2H3,(H2,25,26,27);1H. The van der Waals surface area contributed by atoms with Crippen molar-refractivity contribution < 1.29 is 12.8 Å². The fraction of sp³-hybridized carbons (Fsp3) is 0.435. The molecule has 1 fully saturated rings. The molecule has 1 aliphatic rings. The molecule has 0 spiro atoms. The van der Waals surface area contributed by atoms with Gasteiger partial charge in [0.05, 0.1) is 5.75 Å². The fourth-order valence-corrected chi connectivity index (χ4v) is 5.04. The Morgan fingerprint density at radius 2 is 1.88 bits per heavy atom. The van der Waals surface area contributed by atoms with Gasteiger partial charge in [0, 0.05) is 39.3 Å². The van der Waals surface area contributed by atoms with Crippen LogP contribution in [0.2, 0.25) is 0 Å². The summed E-state index contributed by atoms with van der Waals surface area (Å²) < 4.78 is 38.5. The van der Waals surface area contributed by atoms with Crippen molar-refractivity contribution in [3.05, 3.63) is 65.5 Å². The highest BCUT2D eigenvalue weighted by molar-refractivity contribution is 14.0. The Bertz CT molecular complexity index is 1010. The normalized spacial score (nSPS) is 15.8. The van der Waals surface area contributed by atoms with Crippen molar-refractivity contribution in [2.45, 2.75) is 37.2 Å². The van der Waals surface area contributed by atoms with Crippen LogP contribution in [0.1, 0.15) is 24.0 Å². The van der Waals surface area contributed by atoms with Gasteiger partial charge in [-0.15, -0.1) is 24.0 Å². The number of halogens is 2. The molecule has 1 heterocycles. The number of nitrogens with zero attached hydrogens (tertiary/aromatic N) is 2. The van der Waals surface area contributed by atoms with E-state index in [1.54, 1.807) is 7.05 Å². The first-order valence-electron chi connectivity index (χ1n) is 10.6. The van der Waals surface area contributed by atoms with Gasteiger partial charge in [0.2, 0.25) is 0 Å². The van der Waals surface area contributed by atoms with Crippen molar-refractivity contribution in [3.8, 4) is 0 Å². The molecule has 0 aliphatic carbocycles. The summed E-state index contributed by atoms with van der Waals surface area (Å²) in [6.45, 7) is 5.20. The molecule has 0 bridgehead atoms. The molecule has 0 aromatic heterocycles. The van der Waals surface area contributed by atoms with E-state index in [9.17, 15) is 12.8 Å². The van der Waals surface area contributed by atoms with Gasteiger partial charge in [0.1, 0.15) is 10.7 Å². The van der Waals surface area contributed by atoms with Crippen molar-refractivity contribution in [1.82, 2.24) is 15.5 Å². The van der Waals surface area contributed by atoms with Crippen LogP contribution in [0.15, 0.2) is 58.4 Å². The second-order valence-electron chi connectivity index (χ2n) is 7.93. The molecule has 9 heteroatoms. The Labute approximate surface area is 207 Å². The molecule has 2 aromatic rings. The molecule has 176 valence electrons. The first-order chi connectivity index (χ1) is 14.9. The summed E-state index contributed by atoms with van der Waals surface area (Å²) in [6, 6.07) is 14.3. The maximum Gasteiger partial charge on any atom is 0.191 e. The van der Waals surface area contributed by atoms with Gasteiger partial charge in [-0.25, -0.2) is 12.8 Å². The summed E-state index contributed by atoms with van der Waals surface area (Å²) in [7, 11) is -2.03. The van der Waals surface area contributed by atoms with E-state index in [1.807, 2.05) is 0 Å². The maximum absolute atomic E-state index is 13.8. The summed E-state index contributed by atoms with van der Waals surface area (Å²) in [4.78, 5) is 6.39. The van der Waals surface area contributed by atoms with Crippen LogP contribution >= 0.6 is 24.0 Å². The quantitative estimate of drug-likeness (QED) is 0.302. The predicted octanol–water partition coefficient (Wildman–Crippen LogP) is 3.36. The Morgan fingerprint density at radius 1 is 1.16 bits per heavy atom. The Morgan fingerprint density at radius 3 is 2.53 bits per heavy atom. The maximum atomic E-state index is 13.8. The zero-order valence-electron chi connectivity index (χ0n) is 18.6. The number of hydrogen-bond acceptors (Lipinski definition) is 4. The van der Waals surface area contributed by atoms with Crippen LogP contribution in [-0.4, -0.2) is 57.8 Å². The lowest BCUT2D eigenvalue weighted by Gasteiger charge is -2.33. The lowest BCUT2D eigenvalue weighted by Crippen LogP contribution is -2.49. The summed E-state index contributed by atoms with van der Waals surface area (Å²) in [6.07, 6.45) is 1.97. The van der Waals surface area contributed by atoms with Gasteiger partial charge >= 0.3 is 0 Å². The number of aliphatic imine (C=N–C) groups is 1. The molecule has 6 nitrogen and oxygen atoms in total. The first kappa shape index (κ1) is 26.5. The molecule has 1 saturated heterocycles. The molecule has 0 radical (unpaired) electrons. The molecule has 3 rings (SSSR count). The van der Waals surface area contributed by atoms with E-state index in [2.05, 4.69) is 51.7 Å². The van der Waals surface area contributed by atoms with Gasteiger partial charge < -0.3 is 10.6 Å². The van der Waals surface area contributed by atoms with E-state index in [0.717, 1.165) is 38.5 Å². The van der Waals surface area contributed by atoms with E-state index in [0.29, 0.717) is 5.96 Å². The fourth-order valence-electron chi connectivity index (χ4n) is 3.80. The van der Waals surface area contributed by atoms with Crippen LogP contribution in [0.5, 0.6) is 0 Å². The lowest BCUT2D eigenvalue weighted by atomic mass is 10.0. The van der Waals surface area contributed by atoms with Gasteiger partial charge in [-0.1, -0.05) is 42.0 Å². The van der Waals surface area contributed by atoms with Crippen molar-refractivity contribution in [3.63, 3.8) is 0 Å². The van der Waals surface area contributed by atoms with E-state index >= 15 is 0 Å². The SMILES string of the molecule is CN=C(NCCS(=O)(=O)c1ccccc1F)NC1CCN(Cc2cccc(C)c2)CC1.I. The predicted molar refractivity (Wildman–Crippen MR) is 138 cm³/mol. The van der Waals surface area contributed by atoms with Crippen LogP contribution in [0.4, 0.5) is 4.39 Å². The molecule has 0 saturated carbocycles. The highest BCUT2D eigenvalue weighted by Crippen LogP contribution is 2.16. The number of likely N-dealkylation sites (tertiary alicyclic amines) is 1. The Hall–Kier alpha value is -1.72. The minimum atomic E-state index is -3.70. The number of aryl methyl sites for hydroxylation is 1. The first-order valence-corrected chi connectivity index (χ1v) is 12.2. The third kappa shape index (κ3) is 7.70. The topological polar surface area (TPSA) is 73.8 Å². The molecular formula is C23H32FIN4O2S. The number of benzene rings is 2. The molecule has 0 amide bonds. The zero-order valence-corrected chi connectivity index (χ0v) is 21.7. The highest BCUT2D eigenvalue weighted by Gasteiger charge is 2.21. The smallest absolute Gasteiger partial charge is 0.191 e. The molecule has 32 heavy (non-hydrogen) atoms. The van der Waals surface area contributed by atoms with Crippen molar-refractivity contribution in [1.29, 1.82) is 0 Å². The average molecular weight is 575 g/mol. The lowest BCUT2D eigenvalue weighted by molar-refractivity contribution is 0.198. The number of sulfone groups is 1. The van der Waals surface area contributed by atoms with Gasteiger partial charge in [-0.3, -0.25) is 9.89 Å². The molecule has 2 aromatic carbocycles. The van der Waals surface area contributed by atoms with Crippen molar-refractivity contribution in [2.24, 2.45) is 4.99 Å². The summed E-state index contributed by atoms with van der Waals surface area (Å²) in [5.74, 6) is -0.355. The van der Waals surface area contributed by atoms with Crippen LogP contribution < -0.4 is 10.6 Å². The van der Waals surface area contributed by atoms with E-state index in [-0.39, 0.29) is 47.2 Å². The molecule has 1 aliphatic heterocycles. The molecular weight excluding hydrogens is 542 g/mol. The van der Waals surface area contributed by atoms with E-state index in [1.165, 1.54) is 29.3 Å². The minimum absolute atomic E-state index is 0. The summed E-state index contributed by atoms with van der Waals surface area (Å²) in [5, 5.41) is 6.42. The summed E-state index contributed by atoms with van der Waals surface area (Å²) >= 11 is 0. The molecule has 0 unspecified atom stereocenters. The van der Waals surface area contributed by atoms with Crippen molar-refractivity contribution >= 4 is 39.8 Å². The Kier molecular flexibility index (Phi) is 10.4. The highest BCUT2D eigenvalue weighted by atomic mass is 127. The van der Waals surface area contributed by atoms with Crippen LogP contribution in [-0.2, 0) is 16.4 Å². The van der Waals surface area contributed by atoms with Crippen molar-refractivity contribution in [2.75, 3.05) is 32.4 Å². The zero-order chi connectivity index (χ0) is 22.3. The van der Waals surface area contributed by atoms with Crippen LogP contribution in [0.25, 0.3) is 0 Å². The van der Waals surface area contributed by atoms with Gasteiger partial charge in [-0.05, 0) is 37.5 Å². The second-order valence-corrected chi connectivity index (χ2v) is 10.0. The van der Waals surface area contributed by atoms with E-state index in [4.69, 9.17) is 0 Å². The second kappa shape index (κ2) is 12.5. The Balaban J connectivity index is 0.00000363. The van der Waals surface area contributed by atoms with Gasteiger partial charge in [0.15, 0.2) is 15.8 Å². The van der Waals surface area contributed by atoms with Gasteiger partial charge in [-0.2, -0.15) is 0 Å². The number of nitrogens with one attached hydrogen (secondary N) is 2. The van der Waals surface area contributed by atoms with Crippen LogP contribution in [0.3, 0.4) is 0 Å². The third-order valence-corrected chi connectivity index (χ3v) is 7.22. The van der Waals surface area contributed by atoms with E-state index < -0.39 is 15.7 Å². The largest absolute Gasteiger partial charge is 0.355 e. The number of piperidine rings is 1. The number of rotatable bonds is 7. The average Bonchev–Trinajstić information content (AvgIpc) is 2.74. The van der Waals surface area contributed by atoms with Gasteiger partial charge in [0.25, 0.3) is 0 Å². The molecule has 2 N–H and O–H groups in total.